The summed E-state index contributed by atoms with van der Waals surface area (Å²) >= 11 is 0. The van der Waals surface area contributed by atoms with Crippen LogP contribution < -0.4 is 10.6 Å². The maximum Gasteiger partial charge on any atom is 0.253 e. The molecule has 43 heavy (non-hydrogen) atoms. The largest absolute Gasteiger partial charge is 0.389 e. The Morgan fingerprint density at radius 2 is 1.74 bits per heavy atom. The lowest BCUT2D eigenvalue weighted by atomic mass is 9.88. The molecule has 2 aliphatic heterocycles. The van der Waals surface area contributed by atoms with Gasteiger partial charge in [-0.1, -0.05) is 13.8 Å². The Balaban J connectivity index is 1.58. The summed E-state index contributed by atoms with van der Waals surface area (Å²) < 4.78 is 28.2. The van der Waals surface area contributed by atoms with Crippen molar-refractivity contribution in [3.63, 3.8) is 0 Å². The van der Waals surface area contributed by atoms with Crippen molar-refractivity contribution < 1.29 is 28.3 Å². The van der Waals surface area contributed by atoms with E-state index in [0.717, 1.165) is 37.3 Å². The monoisotopic (exact) mass is 598 g/mol. The zero-order valence-corrected chi connectivity index (χ0v) is 25.4. The number of hydrogen-bond acceptors (Lipinski definition) is 5. The Hall–Kier alpha value is -3.37. The number of piperidine rings is 1. The number of aliphatic hydroxyl groups is 1. The van der Waals surface area contributed by atoms with E-state index in [1.165, 1.54) is 12.1 Å². The molecule has 0 aromatic heterocycles. The number of halogens is 2. The number of benzene rings is 2. The number of amides is 3. The van der Waals surface area contributed by atoms with Gasteiger partial charge >= 0.3 is 0 Å². The molecule has 4 atom stereocenters. The lowest BCUT2D eigenvalue weighted by Crippen LogP contribution is -2.58. The van der Waals surface area contributed by atoms with Crippen molar-refractivity contribution in [2.45, 2.75) is 89.9 Å². The second-order valence-corrected chi connectivity index (χ2v) is 11.9. The van der Waals surface area contributed by atoms with Crippen molar-refractivity contribution in [2.24, 2.45) is 0 Å². The second kappa shape index (κ2) is 14.9. The molecule has 3 unspecified atom stereocenters. The van der Waals surface area contributed by atoms with Crippen LogP contribution in [0.25, 0.3) is 0 Å². The number of likely N-dealkylation sites (tertiary alicyclic amines) is 1. The number of nitrogens with zero attached hydrogens (tertiary/aromatic N) is 2. The molecule has 2 aromatic rings. The summed E-state index contributed by atoms with van der Waals surface area (Å²) in [7, 11) is 0. The molecule has 2 fully saturated rings. The summed E-state index contributed by atoms with van der Waals surface area (Å²) in [4.78, 5) is 43.0. The Kier molecular flexibility index (Phi) is 11.3. The molecule has 0 spiro atoms. The summed E-state index contributed by atoms with van der Waals surface area (Å²) in [6.45, 7) is 8.32. The lowest BCUT2D eigenvalue weighted by molar-refractivity contribution is -0.130. The van der Waals surface area contributed by atoms with Gasteiger partial charge in [0.1, 0.15) is 11.6 Å². The van der Waals surface area contributed by atoms with Crippen LogP contribution in [0.15, 0.2) is 36.4 Å². The normalized spacial score (nSPS) is 20.1. The standard InChI is InChI=1S/C33H44F2N4O4/c1-4-10-38(11-5-2)33(43)24-14-21(3)13-23(18-24)32(42)37-29(17-22-15-25(34)19-26(35)16-22)31(41)28-20-27(8-9-36-28)39-12-6-7-30(39)40/h13-16,18-19,27-29,31,36,41H,4-12,17,20H2,1-3H3,(H,37,42)/t27-,28?,29?,31?/m0/s1. The van der Waals surface area contributed by atoms with Gasteiger partial charge in [-0.25, -0.2) is 8.78 Å². The van der Waals surface area contributed by atoms with Crippen LogP contribution in [0.2, 0.25) is 0 Å². The molecule has 2 saturated heterocycles. The minimum absolute atomic E-state index is 0.0224. The molecule has 4 rings (SSSR count). The molecule has 234 valence electrons. The fourth-order valence-electron chi connectivity index (χ4n) is 6.38. The average Bonchev–Trinajstić information content (AvgIpc) is 3.41. The predicted molar refractivity (Wildman–Crippen MR) is 161 cm³/mol. The summed E-state index contributed by atoms with van der Waals surface area (Å²) in [6, 6.07) is 6.75. The molecular formula is C33H44F2N4O4. The van der Waals surface area contributed by atoms with Crippen LogP contribution in [-0.4, -0.2) is 83.0 Å². The number of aryl methyl sites for hydroxylation is 1. The number of aliphatic hydroxyl groups excluding tert-OH is 1. The Labute approximate surface area is 252 Å². The SMILES string of the molecule is CCCN(CCC)C(=O)c1cc(C)cc(C(=O)NC(Cc2cc(F)cc(F)c2)C(O)C2C[C@@H](N3CCCC3=O)CCN2)c1. The molecule has 0 bridgehead atoms. The summed E-state index contributed by atoms with van der Waals surface area (Å²) in [5, 5.41) is 17.8. The lowest BCUT2D eigenvalue weighted by Gasteiger charge is -2.40. The first-order valence-corrected chi connectivity index (χ1v) is 15.5. The molecule has 2 aliphatic rings. The van der Waals surface area contributed by atoms with E-state index in [-0.39, 0.29) is 29.8 Å². The van der Waals surface area contributed by atoms with Gasteiger partial charge in [0.2, 0.25) is 5.91 Å². The summed E-state index contributed by atoms with van der Waals surface area (Å²) in [5.41, 5.74) is 1.69. The van der Waals surface area contributed by atoms with Crippen LogP contribution in [0.1, 0.15) is 84.2 Å². The van der Waals surface area contributed by atoms with Crippen LogP contribution in [-0.2, 0) is 11.2 Å². The average molecular weight is 599 g/mol. The molecule has 2 heterocycles. The highest BCUT2D eigenvalue weighted by atomic mass is 19.1. The van der Waals surface area contributed by atoms with Gasteiger partial charge in [-0.15, -0.1) is 0 Å². The van der Waals surface area contributed by atoms with Crippen LogP contribution in [0.5, 0.6) is 0 Å². The van der Waals surface area contributed by atoms with Crippen molar-refractivity contribution in [1.29, 1.82) is 0 Å². The fourth-order valence-corrected chi connectivity index (χ4v) is 6.38. The molecule has 3 N–H and O–H groups in total. The van der Waals surface area contributed by atoms with E-state index in [4.69, 9.17) is 0 Å². The predicted octanol–water partition coefficient (Wildman–Crippen LogP) is 3.98. The van der Waals surface area contributed by atoms with Crippen molar-refractivity contribution in [2.75, 3.05) is 26.2 Å². The van der Waals surface area contributed by atoms with Crippen LogP contribution in [0, 0.1) is 18.6 Å². The van der Waals surface area contributed by atoms with Gasteiger partial charge in [0.05, 0.1) is 12.1 Å². The molecule has 8 nitrogen and oxygen atoms in total. The number of carbonyl (C=O) groups is 3. The van der Waals surface area contributed by atoms with Gasteiger partial charge in [-0.3, -0.25) is 14.4 Å². The Bertz CT molecular complexity index is 1280. The smallest absolute Gasteiger partial charge is 0.253 e. The van der Waals surface area contributed by atoms with Gasteiger partial charge in [-0.2, -0.15) is 0 Å². The quantitative estimate of drug-likeness (QED) is 0.343. The van der Waals surface area contributed by atoms with E-state index in [1.807, 2.05) is 25.7 Å². The molecular weight excluding hydrogens is 554 g/mol. The number of nitrogens with one attached hydrogen (secondary N) is 2. The van der Waals surface area contributed by atoms with Crippen molar-refractivity contribution in [3.8, 4) is 0 Å². The molecule has 0 saturated carbocycles. The van der Waals surface area contributed by atoms with E-state index in [9.17, 15) is 28.3 Å². The second-order valence-electron chi connectivity index (χ2n) is 11.9. The minimum atomic E-state index is -1.12. The maximum atomic E-state index is 14.1. The first-order valence-electron chi connectivity index (χ1n) is 15.5. The third kappa shape index (κ3) is 8.38. The first-order chi connectivity index (χ1) is 20.6. The van der Waals surface area contributed by atoms with Gasteiger partial charge in [0.15, 0.2) is 0 Å². The molecule has 10 heteroatoms. The minimum Gasteiger partial charge on any atom is -0.389 e. The van der Waals surface area contributed by atoms with Crippen molar-refractivity contribution >= 4 is 17.7 Å². The Morgan fingerprint density at radius 3 is 2.37 bits per heavy atom. The molecule has 3 amide bonds. The highest BCUT2D eigenvalue weighted by molar-refractivity contribution is 6.00. The molecule has 0 aliphatic carbocycles. The number of rotatable bonds is 12. The van der Waals surface area contributed by atoms with E-state index in [1.54, 1.807) is 23.1 Å². The number of hydrogen-bond donors (Lipinski definition) is 3. The zero-order chi connectivity index (χ0) is 31.1. The Morgan fingerprint density at radius 1 is 1.07 bits per heavy atom. The van der Waals surface area contributed by atoms with Gasteiger partial charge in [0.25, 0.3) is 11.8 Å². The maximum absolute atomic E-state index is 14.1. The van der Waals surface area contributed by atoms with Crippen LogP contribution in [0.4, 0.5) is 8.78 Å². The first kappa shape index (κ1) is 32.5. The van der Waals surface area contributed by atoms with Gasteiger partial charge in [0, 0.05) is 55.3 Å². The van der Waals surface area contributed by atoms with E-state index >= 15 is 0 Å². The van der Waals surface area contributed by atoms with Gasteiger partial charge in [-0.05, 0) is 93.5 Å². The van der Waals surface area contributed by atoms with Crippen molar-refractivity contribution in [1.82, 2.24) is 20.4 Å². The fraction of sp³-hybridized carbons (Fsp3) is 0.545. The van der Waals surface area contributed by atoms with Crippen LogP contribution in [0.3, 0.4) is 0 Å². The zero-order valence-electron chi connectivity index (χ0n) is 25.4. The third-order valence-corrected chi connectivity index (χ3v) is 8.34. The summed E-state index contributed by atoms with van der Waals surface area (Å²) in [6.07, 6.45) is 3.07. The van der Waals surface area contributed by atoms with Crippen molar-refractivity contribution in [3.05, 3.63) is 70.3 Å². The summed E-state index contributed by atoms with van der Waals surface area (Å²) in [5.74, 6) is -2.03. The van der Waals surface area contributed by atoms with Gasteiger partial charge < -0.3 is 25.5 Å². The van der Waals surface area contributed by atoms with Crippen LogP contribution >= 0.6 is 0 Å². The molecule has 2 aromatic carbocycles. The topological polar surface area (TPSA) is 102 Å². The van der Waals surface area contributed by atoms with E-state index in [0.29, 0.717) is 50.1 Å². The van der Waals surface area contributed by atoms with E-state index in [2.05, 4.69) is 10.6 Å². The molecule has 0 radical (unpaired) electrons. The highest BCUT2D eigenvalue weighted by Crippen LogP contribution is 2.25. The number of carbonyl (C=O) groups excluding carboxylic acids is 3. The third-order valence-electron chi connectivity index (χ3n) is 8.34. The highest BCUT2D eigenvalue weighted by Gasteiger charge is 2.37. The van der Waals surface area contributed by atoms with E-state index < -0.39 is 35.7 Å².